The van der Waals surface area contributed by atoms with E-state index in [1.807, 2.05) is 0 Å². The van der Waals surface area contributed by atoms with Gasteiger partial charge in [0.25, 0.3) is 10.0 Å². The van der Waals surface area contributed by atoms with E-state index < -0.39 is 50.1 Å². The van der Waals surface area contributed by atoms with Gasteiger partial charge in [0.05, 0.1) is 22.3 Å². The first-order chi connectivity index (χ1) is 20.2. The number of hydroxylamine groups is 1. The number of H-pyrrole nitrogens is 1. The first-order valence-electron chi connectivity index (χ1n) is 12.7. The summed E-state index contributed by atoms with van der Waals surface area (Å²) in [6, 6.07) is 16.5. The fourth-order valence-electron chi connectivity index (χ4n) is 4.72. The summed E-state index contributed by atoms with van der Waals surface area (Å²) in [6.07, 6.45) is -6.01. The summed E-state index contributed by atoms with van der Waals surface area (Å²) >= 11 is 0. The van der Waals surface area contributed by atoms with Gasteiger partial charge in [0.2, 0.25) is 5.91 Å². The summed E-state index contributed by atoms with van der Waals surface area (Å²) in [5.74, 6) is -3.38. The van der Waals surface area contributed by atoms with Crippen LogP contribution in [0.25, 0.3) is 11.0 Å². The van der Waals surface area contributed by atoms with Crippen molar-refractivity contribution in [3.05, 3.63) is 95.3 Å². The number of hydrogen-bond acceptors (Lipinski definition) is 8. The minimum Gasteiger partial charge on any atom is -0.344 e. The highest BCUT2D eigenvalue weighted by Crippen LogP contribution is 2.56. The molecule has 2 atom stereocenters. The number of aryl methyl sites for hydroxylation is 1. The average Bonchev–Trinajstić information content (AvgIpc) is 3.49. The standard InChI is InChI=1S/C27H25F3N4O7S2/c1-16-6-2-5-9-22(16)43(39,40)34(41-26(36)27(28,29)30)21(25-31-19-7-3-4-8-20(19)32-25)14-17-10-12-18(13-11-17)23-15-24(35)33-42(23,37)38/h2-13,21,23,37-38H,14-15H2,1H3,(H,31,32)(H,33,35)/t21-,23?/m0/s1. The van der Waals surface area contributed by atoms with Crippen LogP contribution in [0.3, 0.4) is 0 Å². The van der Waals surface area contributed by atoms with E-state index in [9.17, 15) is 40.3 Å². The molecule has 43 heavy (non-hydrogen) atoms. The maximum atomic E-state index is 13.9. The molecule has 2 heterocycles. The van der Waals surface area contributed by atoms with Crippen molar-refractivity contribution in [1.29, 1.82) is 0 Å². The van der Waals surface area contributed by atoms with Crippen LogP contribution < -0.4 is 4.72 Å². The predicted octanol–water partition coefficient (Wildman–Crippen LogP) is 5.09. The number of aromatic nitrogens is 2. The number of carbonyl (C=O) groups excluding carboxylic acids is 2. The summed E-state index contributed by atoms with van der Waals surface area (Å²) in [6.45, 7) is 1.44. The van der Waals surface area contributed by atoms with Gasteiger partial charge in [-0.15, -0.1) is 10.8 Å². The molecule has 11 nitrogen and oxygen atoms in total. The van der Waals surface area contributed by atoms with Gasteiger partial charge in [-0.3, -0.25) is 18.6 Å². The molecule has 1 unspecified atom stereocenters. The first-order valence-corrected chi connectivity index (χ1v) is 15.7. The molecule has 228 valence electrons. The van der Waals surface area contributed by atoms with Gasteiger partial charge in [0, 0.05) is 0 Å². The minimum absolute atomic E-state index is 0.0208. The van der Waals surface area contributed by atoms with Crippen molar-refractivity contribution in [1.82, 2.24) is 19.2 Å². The Labute approximate surface area is 245 Å². The number of halogens is 3. The smallest absolute Gasteiger partial charge is 0.344 e. The number of nitrogens with zero attached hydrogens (tertiary/aromatic N) is 2. The zero-order chi connectivity index (χ0) is 31.2. The first kappa shape index (κ1) is 30.5. The van der Waals surface area contributed by atoms with Crippen LogP contribution in [0.15, 0.2) is 77.7 Å². The molecule has 1 amide bonds. The molecule has 16 heteroatoms. The van der Waals surface area contributed by atoms with Crippen molar-refractivity contribution < 1.29 is 45.1 Å². The third kappa shape index (κ3) is 6.23. The Hall–Kier alpha value is -3.96. The second kappa shape index (κ2) is 11.3. The number of aromatic amines is 1. The summed E-state index contributed by atoms with van der Waals surface area (Å²) in [5, 5.41) is -0.925. The molecule has 5 rings (SSSR count). The van der Waals surface area contributed by atoms with E-state index in [2.05, 4.69) is 19.5 Å². The number of carbonyl (C=O) groups is 2. The van der Waals surface area contributed by atoms with Gasteiger partial charge in [0.15, 0.2) is 0 Å². The molecule has 3 aromatic carbocycles. The van der Waals surface area contributed by atoms with Crippen LogP contribution in [0.1, 0.15) is 40.2 Å². The molecule has 1 fully saturated rings. The molecule has 0 spiro atoms. The number of sulfonamides is 1. The molecule has 1 aliphatic heterocycles. The lowest BCUT2D eigenvalue weighted by molar-refractivity contribution is -0.227. The van der Waals surface area contributed by atoms with Crippen LogP contribution in [0.2, 0.25) is 0 Å². The number of imidazole rings is 1. The summed E-state index contributed by atoms with van der Waals surface area (Å²) in [5.41, 5.74) is 1.81. The number of hydrogen-bond donors (Lipinski definition) is 4. The van der Waals surface area contributed by atoms with Crippen molar-refractivity contribution >= 4 is 43.7 Å². The summed E-state index contributed by atoms with van der Waals surface area (Å²) in [7, 11) is -8.36. The van der Waals surface area contributed by atoms with E-state index in [0.29, 0.717) is 22.2 Å². The zero-order valence-electron chi connectivity index (χ0n) is 22.3. The number of alkyl halides is 3. The third-order valence-corrected chi connectivity index (χ3v) is 10.4. The fourth-order valence-corrected chi connectivity index (χ4v) is 7.80. The lowest BCUT2D eigenvalue weighted by atomic mass is 10.0. The van der Waals surface area contributed by atoms with E-state index in [0.717, 1.165) is 0 Å². The van der Waals surface area contributed by atoms with Gasteiger partial charge in [-0.2, -0.15) is 13.2 Å². The minimum atomic E-state index is -5.52. The third-order valence-electron chi connectivity index (χ3n) is 6.80. The lowest BCUT2D eigenvalue weighted by Gasteiger charge is -2.33. The molecule has 4 N–H and O–H groups in total. The van der Waals surface area contributed by atoms with Crippen molar-refractivity contribution in [3.63, 3.8) is 0 Å². The molecule has 4 aromatic rings. The Morgan fingerprint density at radius 1 is 1.09 bits per heavy atom. The van der Waals surface area contributed by atoms with Crippen LogP contribution in [-0.2, 0) is 30.9 Å². The maximum absolute atomic E-state index is 13.9. The fraction of sp³-hybridized carbons (Fsp3) is 0.222. The molecule has 0 radical (unpaired) electrons. The second-order valence-corrected chi connectivity index (χ2v) is 13.5. The summed E-state index contributed by atoms with van der Waals surface area (Å²) < 4.78 is 90.8. The van der Waals surface area contributed by atoms with Crippen LogP contribution in [0, 0.1) is 6.92 Å². The van der Waals surface area contributed by atoms with Gasteiger partial charge in [-0.25, -0.2) is 18.2 Å². The maximum Gasteiger partial charge on any atom is 0.492 e. The van der Waals surface area contributed by atoms with E-state index in [1.165, 1.54) is 49.4 Å². The normalized spacial score (nSPS) is 18.4. The highest BCUT2D eigenvalue weighted by atomic mass is 32.3. The van der Waals surface area contributed by atoms with Crippen LogP contribution in [0.5, 0.6) is 0 Å². The van der Waals surface area contributed by atoms with Gasteiger partial charge >= 0.3 is 12.1 Å². The topological polar surface area (TPSA) is 162 Å². The quantitative estimate of drug-likeness (QED) is 0.194. The molecule has 0 bridgehead atoms. The number of amides is 1. The molecular formula is C27H25F3N4O7S2. The monoisotopic (exact) mass is 638 g/mol. The molecule has 0 saturated carbocycles. The van der Waals surface area contributed by atoms with Crippen LogP contribution in [-0.4, -0.2) is 50.0 Å². The van der Waals surface area contributed by atoms with Crippen molar-refractivity contribution in [2.75, 3.05) is 0 Å². The number of para-hydroxylation sites is 2. The number of rotatable bonds is 8. The highest BCUT2D eigenvalue weighted by Gasteiger charge is 2.47. The van der Waals surface area contributed by atoms with Gasteiger partial charge in [-0.1, -0.05) is 54.6 Å². The molecule has 1 aromatic heterocycles. The summed E-state index contributed by atoms with van der Waals surface area (Å²) in [4.78, 5) is 35.4. The molecule has 1 saturated heterocycles. The average molecular weight is 639 g/mol. The van der Waals surface area contributed by atoms with Gasteiger partial charge < -0.3 is 9.82 Å². The molecule has 1 aliphatic rings. The van der Waals surface area contributed by atoms with Crippen molar-refractivity contribution in [2.24, 2.45) is 0 Å². The zero-order valence-corrected chi connectivity index (χ0v) is 23.9. The van der Waals surface area contributed by atoms with E-state index in [4.69, 9.17) is 0 Å². The van der Waals surface area contributed by atoms with E-state index in [1.54, 1.807) is 30.3 Å². The Balaban J connectivity index is 1.61. The number of nitrogens with one attached hydrogen (secondary N) is 2. The second-order valence-electron chi connectivity index (χ2n) is 9.81. The Morgan fingerprint density at radius 3 is 2.35 bits per heavy atom. The number of benzene rings is 3. The Bertz CT molecular complexity index is 1760. The molecular weight excluding hydrogens is 613 g/mol. The largest absolute Gasteiger partial charge is 0.492 e. The van der Waals surface area contributed by atoms with Crippen LogP contribution in [0.4, 0.5) is 13.2 Å². The SMILES string of the molecule is Cc1ccccc1S(=O)(=O)N(OC(=O)C(F)(F)F)[C@@H](Cc1ccc(C2CC(=O)NS2(O)O)cc1)c1nc2ccccc2[nH]1. The van der Waals surface area contributed by atoms with Crippen LogP contribution >= 0.6 is 10.8 Å². The predicted molar refractivity (Wildman–Crippen MR) is 150 cm³/mol. The highest BCUT2D eigenvalue weighted by molar-refractivity contribution is 8.23. The van der Waals surface area contributed by atoms with Gasteiger partial charge in [-0.05, 0) is 52.7 Å². The van der Waals surface area contributed by atoms with E-state index >= 15 is 0 Å². The van der Waals surface area contributed by atoms with E-state index in [-0.39, 0.29) is 33.6 Å². The Morgan fingerprint density at radius 2 is 1.74 bits per heavy atom. The number of fused-ring (bicyclic) bond motifs is 1. The lowest BCUT2D eigenvalue weighted by Crippen LogP contribution is -2.42. The van der Waals surface area contributed by atoms with Crippen molar-refractivity contribution in [3.8, 4) is 0 Å². The van der Waals surface area contributed by atoms with Gasteiger partial charge in [0.1, 0.15) is 17.1 Å². The van der Waals surface area contributed by atoms with Crippen molar-refractivity contribution in [2.45, 2.75) is 42.1 Å². The molecule has 0 aliphatic carbocycles. The Kier molecular flexibility index (Phi) is 8.00.